The largest absolute Gasteiger partial charge is 0.437 e. The fourth-order valence-electron chi connectivity index (χ4n) is 5.81. The van der Waals surface area contributed by atoms with Gasteiger partial charge in [0.15, 0.2) is 0 Å². The molecule has 2 aliphatic carbocycles. The quantitative estimate of drug-likeness (QED) is 0.479. The first kappa shape index (κ1) is 17.6. The molecule has 2 rings (SSSR count). The highest BCUT2D eigenvalue weighted by Gasteiger charge is 2.53. The van der Waals surface area contributed by atoms with Crippen molar-refractivity contribution in [1.29, 1.82) is 0 Å². The van der Waals surface area contributed by atoms with Gasteiger partial charge < -0.3 is 4.74 Å². The molecule has 4 unspecified atom stereocenters. The van der Waals surface area contributed by atoms with Gasteiger partial charge in [-0.2, -0.15) is 0 Å². The van der Waals surface area contributed by atoms with E-state index in [1.54, 1.807) is 6.26 Å². The molecule has 0 heterocycles. The molecule has 0 saturated heterocycles. The molecule has 0 aromatic carbocycles. The smallest absolute Gasteiger partial charge is 0.297 e. The number of hydrogen-bond acceptors (Lipinski definition) is 2. The summed E-state index contributed by atoms with van der Waals surface area (Å²) in [6.45, 7) is 12.6. The van der Waals surface area contributed by atoms with Crippen molar-refractivity contribution in [1.82, 2.24) is 0 Å². The summed E-state index contributed by atoms with van der Waals surface area (Å²) >= 11 is 0. The molecule has 0 N–H and O–H groups in total. The first-order valence-corrected chi connectivity index (χ1v) is 9.06. The van der Waals surface area contributed by atoms with Gasteiger partial charge >= 0.3 is 0 Å². The van der Waals surface area contributed by atoms with E-state index in [1.807, 2.05) is 0 Å². The normalized spacial score (nSPS) is 38.2. The Morgan fingerprint density at radius 1 is 1.23 bits per heavy atom. The van der Waals surface area contributed by atoms with E-state index in [0.717, 1.165) is 24.2 Å². The molecule has 0 spiro atoms. The third-order valence-electron chi connectivity index (χ3n) is 6.90. The summed E-state index contributed by atoms with van der Waals surface area (Å²) in [5.41, 5.74) is 2.17. The number of fused-ring (bicyclic) bond motifs is 1. The van der Waals surface area contributed by atoms with Gasteiger partial charge in [-0.15, -0.1) is 0 Å². The molecule has 2 heteroatoms. The number of hydrogen-bond donors (Lipinski definition) is 0. The summed E-state index contributed by atoms with van der Waals surface area (Å²) in [7, 11) is 0. The van der Waals surface area contributed by atoms with Gasteiger partial charge in [-0.3, -0.25) is 4.79 Å². The number of carbonyl (C=O) groups excluding carboxylic acids is 1. The molecule has 2 saturated carbocycles. The first-order chi connectivity index (χ1) is 10.3. The minimum Gasteiger partial charge on any atom is -0.437 e. The Labute approximate surface area is 136 Å². The minimum atomic E-state index is 0.491. The molecule has 4 atom stereocenters. The molecule has 2 aliphatic rings. The van der Waals surface area contributed by atoms with Crippen molar-refractivity contribution in [2.45, 2.75) is 79.6 Å². The van der Waals surface area contributed by atoms with E-state index in [4.69, 9.17) is 4.74 Å². The molecule has 0 aromatic heterocycles. The van der Waals surface area contributed by atoms with Gasteiger partial charge in [-0.1, -0.05) is 40.5 Å². The van der Waals surface area contributed by atoms with Gasteiger partial charge in [0.25, 0.3) is 6.47 Å². The molecule has 126 valence electrons. The van der Waals surface area contributed by atoms with Crippen LogP contribution in [0.3, 0.4) is 0 Å². The van der Waals surface area contributed by atoms with Gasteiger partial charge in [0.05, 0.1) is 6.26 Å². The number of ether oxygens (including phenoxy) is 1. The van der Waals surface area contributed by atoms with Crippen LogP contribution in [-0.2, 0) is 9.53 Å². The summed E-state index contributed by atoms with van der Waals surface area (Å²) in [5.74, 6) is 2.48. The van der Waals surface area contributed by atoms with Crippen molar-refractivity contribution in [3.8, 4) is 0 Å². The Hall–Kier alpha value is -0.790. The van der Waals surface area contributed by atoms with Crippen molar-refractivity contribution >= 4 is 6.47 Å². The maximum atomic E-state index is 10.3. The molecular formula is C20H34O2. The van der Waals surface area contributed by atoms with E-state index in [2.05, 4.69) is 34.6 Å². The second-order valence-corrected chi connectivity index (χ2v) is 8.80. The van der Waals surface area contributed by atoms with Gasteiger partial charge in [0.1, 0.15) is 0 Å². The third kappa shape index (κ3) is 3.41. The lowest BCUT2D eigenvalue weighted by Crippen LogP contribution is -2.51. The van der Waals surface area contributed by atoms with Gasteiger partial charge in [-0.25, -0.2) is 0 Å². The van der Waals surface area contributed by atoms with Crippen molar-refractivity contribution in [3.63, 3.8) is 0 Å². The summed E-state index contributed by atoms with van der Waals surface area (Å²) in [5, 5.41) is 0. The lowest BCUT2D eigenvalue weighted by atomic mass is 9.46. The SMILES string of the molecule is CC(=COC=O)CCC1C(C)CCC2C(C)(C)CCCC12C. The molecule has 0 amide bonds. The average Bonchev–Trinajstić information content (AvgIpc) is 2.43. The second kappa shape index (κ2) is 6.76. The highest BCUT2D eigenvalue weighted by Crippen LogP contribution is 2.62. The van der Waals surface area contributed by atoms with Crippen LogP contribution >= 0.6 is 0 Å². The van der Waals surface area contributed by atoms with E-state index in [-0.39, 0.29) is 0 Å². The van der Waals surface area contributed by atoms with Crippen LogP contribution in [0.25, 0.3) is 0 Å². The molecule has 2 nitrogen and oxygen atoms in total. The Kier molecular flexibility index (Phi) is 5.40. The fraction of sp³-hybridized carbons (Fsp3) is 0.850. The molecule has 2 fully saturated rings. The number of rotatable bonds is 5. The van der Waals surface area contributed by atoms with E-state index in [1.165, 1.54) is 44.1 Å². The summed E-state index contributed by atoms with van der Waals surface area (Å²) < 4.78 is 4.78. The Bertz CT molecular complexity index is 423. The van der Waals surface area contributed by atoms with Crippen LogP contribution in [0.2, 0.25) is 0 Å². The zero-order chi connectivity index (χ0) is 16.4. The highest BCUT2D eigenvalue weighted by molar-refractivity contribution is 5.38. The van der Waals surface area contributed by atoms with Crippen molar-refractivity contribution in [3.05, 3.63) is 11.8 Å². The molecule has 0 aliphatic heterocycles. The van der Waals surface area contributed by atoms with Crippen LogP contribution in [0.5, 0.6) is 0 Å². The van der Waals surface area contributed by atoms with Crippen LogP contribution < -0.4 is 0 Å². The minimum absolute atomic E-state index is 0.491. The summed E-state index contributed by atoms with van der Waals surface area (Å²) in [6.07, 6.45) is 10.8. The lowest BCUT2D eigenvalue weighted by Gasteiger charge is -2.59. The van der Waals surface area contributed by atoms with Gasteiger partial charge in [-0.05, 0) is 73.2 Å². The molecule has 0 aromatic rings. The third-order valence-corrected chi connectivity index (χ3v) is 6.90. The molecule has 0 bridgehead atoms. The standard InChI is InChI=1S/C20H34O2/c1-15(13-22-14-21)7-9-17-16(2)8-10-18-19(3,4)11-6-12-20(17,18)5/h13-14,16-18H,6-12H2,1-5H3. The summed E-state index contributed by atoms with van der Waals surface area (Å²) in [4.78, 5) is 10.3. The predicted molar refractivity (Wildman–Crippen MR) is 91.3 cm³/mol. The molecule has 0 radical (unpaired) electrons. The van der Waals surface area contributed by atoms with Crippen molar-refractivity contribution in [2.24, 2.45) is 28.6 Å². The molecular weight excluding hydrogens is 272 g/mol. The van der Waals surface area contributed by atoms with E-state index in [9.17, 15) is 4.79 Å². The van der Waals surface area contributed by atoms with Crippen LogP contribution in [0, 0.1) is 28.6 Å². The van der Waals surface area contributed by atoms with Crippen molar-refractivity contribution < 1.29 is 9.53 Å². The fourth-order valence-corrected chi connectivity index (χ4v) is 5.81. The topological polar surface area (TPSA) is 26.3 Å². The van der Waals surface area contributed by atoms with Gasteiger partial charge in [0.2, 0.25) is 0 Å². The summed E-state index contributed by atoms with van der Waals surface area (Å²) in [6, 6.07) is 0. The highest BCUT2D eigenvalue weighted by atomic mass is 16.5. The van der Waals surface area contributed by atoms with Gasteiger partial charge in [0, 0.05) is 0 Å². The first-order valence-electron chi connectivity index (χ1n) is 9.06. The second-order valence-electron chi connectivity index (χ2n) is 8.80. The van der Waals surface area contributed by atoms with Crippen LogP contribution in [-0.4, -0.2) is 6.47 Å². The maximum absolute atomic E-state index is 10.3. The van der Waals surface area contributed by atoms with Crippen molar-refractivity contribution in [2.75, 3.05) is 0 Å². The maximum Gasteiger partial charge on any atom is 0.297 e. The van der Waals surface area contributed by atoms with E-state index >= 15 is 0 Å². The number of carbonyl (C=O) groups is 1. The zero-order valence-corrected chi connectivity index (χ0v) is 15.2. The molecule has 22 heavy (non-hydrogen) atoms. The Morgan fingerprint density at radius 2 is 1.95 bits per heavy atom. The van der Waals surface area contributed by atoms with Crippen LogP contribution in [0.4, 0.5) is 0 Å². The Balaban J connectivity index is 2.12. The average molecular weight is 306 g/mol. The number of allylic oxidation sites excluding steroid dienone is 1. The lowest BCUT2D eigenvalue weighted by molar-refractivity contribution is -0.123. The Morgan fingerprint density at radius 3 is 2.64 bits per heavy atom. The monoisotopic (exact) mass is 306 g/mol. The van der Waals surface area contributed by atoms with Crippen LogP contribution in [0.1, 0.15) is 79.6 Å². The van der Waals surface area contributed by atoms with Crippen LogP contribution in [0.15, 0.2) is 11.8 Å². The zero-order valence-electron chi connectivity index (χ0n) is 15.2. The van der Waals surface area contributed by atoms with E-state index in [0.29, 0.717) is 17.3 Å². The predicted octanol–water partition coefficient (Wildman–Crippen LogP) is 5.72. The van der Waals surface area contributed by atoms with E-state index < -0.39 is 0 Å².